The molecule has 0 unspecified atom stereocenters. The van der Waals surface area contributed by atoms with E-state index in [1.807, 2.05) is 0 Å². The van der Waals surface area contributed by atoms with Crippen LogP contribution < -0.4 is 10.1 Å². The van der Waals surface area contributed by atoms with Crippen LogP contribution in [0.1, 0.15) is 63.5 Å². The Balaban J connectivity index is 1.52. The van der Waals surface area contributed by atoms with Gasteiger partial charge in [0.1, 0.15) is 5.75 Å². The summed E-state index contributed by atoms with van der Waals surface area (Å²) in [6.07, 6.45) is 7.90. The Morgan fingerprint density at radius 2 is 2.07 bits per heavy atom. The van der Waals surface area contributed by atoms with Crippen molar-refractivity contribution in [2.24, 2.45) is 11.8 Å². The molecule has 1 aliphatic heterocycles. The molecule has 2 saturated carbocycles. The molecule has 4 aliphatic rings. The van der Waals surface area contributed by atoms with Crippen LogP contribution in [0.5, 0.6) is 5.75 Å². The average Bonchev–Trinajstić information content (AvgIpc) is 3.52. The number of methoxy groups -OCH3 is 1. The van der Waals surface area contributed by atoms with Crippen LogP contribution in [-0.4, -0.2) is 54.4 Å². The van der Waals surface area contributed by atoms with Crippen molar-refractivity contribution in [1.29, 1.82) is 0 Å². The van der Waals surface area contributed by atoms with E-state index in [1.54, 1.807) is 7.11 Å². The number of ether oxygens (including phenoxy) is 1. The minimum atomic E-state index is -0.646. The predicted octanol–water partition coefficient (Wildman–Crippen LogP) is 3.50. The Morgan fingerprint density at radius 3 is 2.79 bits per heavy atom. The van der Waals surface area contributed by atoms with Gasteiger partial charge < -0.3 is 15.2 Å². The van der Waals surface area contributed by atoms with E-state index in [4.69, 9.17) is 4.74 Å². The van der Waals surface area contributed by atoms with E-state index in [-0.39, 0.29) is 11.5 Å². The summed E-state index contributed by atoms with van der Waals surface area (Å²) in [6, 6.07) is 7.30. The smallest absolute Gasteiger partial charge is 0.119 e. The van der Waals surface area contributed by atoms with Crippen LogP contribution in [0.4, 0.5) is 0 Å². The van der Waals surface area contributed by atoms with Crippen molar-refractivity contribution in [3.8, 4) is 5.75 Å². The minimum absolute atomic E-state index is 0.115. The van der Waals surface area contributed by atoms with Crippen LogP contribution >= 0.6 is 0 Å². The first-order valence-electron chi connectivity index (χ1n) is 11.8. The van der Waals surface area contributed by atoms with Crippen LogP contribution in [0.3, 0.4) is 0 Å². The molecule has 0 radical (unpaired) electrons. The molecule has 2 bridgehead atoms. The highest BCUT2D eigenvalue weighted by Crippen LogP contribution is 2.58. The maximum absolute atomic E-state index is 12.5. The zero-order valence-corrected chi connectivity index (χ0v) is 18.4. The number of aliphatic hydroxyl groups is 1. The van der Waals surface area contributed by atoms with E-state index < -0.39 is 5.60 Å². The van der Waals surface area contributed by atoms with Gasteiger partial charge in [0.05, 0.1) is 12.7 Å². The fraction of sp³-hybridized carbons (Fsp3) is 0.760. The third-order valence-electron chi connectivity index (χ3n) is 8.37. The molecule has 0 amide bonds. The summed E-state index contributed by atoms with van der Waals surface area (Å²) < 4.78 is 5.59. The first-order valence-corrected chi connectivity index (χ1v) is 11.8. The normalized spacial score (nSPS) is 36.6. The molecule has 29 heavy (non-hydrogen) atoms. The van der Waals surface area contributed by atoms with Gasteiger partial charge in [-0.05, 0) is 93.1 Å². The molecule has 0 aromatic heterocycles. The SMILES string of the molecule is COc1ccc2c(c1)[C@@]13CC[C@H](NCC(C)C)C[C@@]1(O)[C@@H](C2)N(CC1CC1)CC3. The summed E-state index contributed by atoms with van der Waals surface area (Å²) in [7, 11) is 1.75. The molecular formula is C25H38N2O2. The van der Waals surface area contributed by atoms with Gasteiger partial charge in [-0.3, -0.25) is 4.90 Å². The summed E-state index contributed by atoms with van der Waals surface area (Å²) in [5.41, 5.74) is 2.06. The van der Waals surface area contributed by atoms with Crippen LogP contribution in [0.15, 0.2) is 18.2 Å². The van der Waals surface area contributed by atoms with Crippen LogP contribution in [0.2, 0.25) is 0 Å². The molecule has 1 aromatic carbocycles. The minimum Gasteiger partial charge on any atom is -0.497 e. The number of hydrogen-bond donors (Lipinski definition) is 2. The molecule has 0 spiro atoms. The summed E-state index contributed by atoms with van der Waals surface area (Å²) in [4.78, 5) is 2.66. The van der Waals surface area contributed by atoms with Gasteiger partial charge in [-0.2, -0.15) is 0 Å². The second-order valence-electron chi connectivity index (χ2n) is 10.7. The van der Waals surface area contributed by atoms with E-state index in [0.717, 1.165) is 56.9 Å². The van der Waals surface area contributed by atoms with Crippen LogP contribution in [0.25, 0.3) is 0 Å². The molecule has 2 N–H and O–H groups in total. The predicted molar refractivity (Wildman–Crippen MR) is 117 cm³/mol. The Morgan fingerprint density at radius 1 is 1.24 bits per heavy atom. The topological polar surface area (TPSA) is 44.7 Å². The lowest BCUT2D eigenvalue weighted by atomic mass is 9.49. The van der Waals surface area contributed by atoms with Crippen molar-refractivity contribution in [3.05, 3.63) is 29.3 Å². The zero-order valence-electron chi connectivity index (χ0n) is 18.4. The molecular weight excluding hydrogens is 360 g/mol. The van der Waals surface area contributed by atoms with Gasteiger partial charge in [-0.1, -0.05) is 19.9 Å². The Kier molecular flexibility index (Phi) is 4.96. The van der Waals surface area contributed by atoms with E-state index >= 15 is 0 Å². The highest BCUT2D eigenvalue weighted by molar-refractivity contribution is 5.48. The maximum atomic E-state index is 12.5. The number of fused-ring (bicyclic) bond motifs is 1. The summed E-state index contributed by atoms with van der Waals surface area (Å²) >= 11 is 0. The average molecular weight is 399 g/mol. The lowest BCUT2D eigenvalue weighted by Gasteiger charge is -2.65. The highest BCUT2D eigenvalue weighted by Gasteiger charge is 2.64. The Labute approximate surface area is 176 Å². The van der Waals surface area contributed by atoms with Crippen molar-refractivity contribution < 1.29 is 9.84 Å². The zero-order chi connectivity index (χ0) is 20.2. The molecule has 1 saturated heterocycles. The molecule has 1 aromatic rings. The number of nitrogens with one attached hydrogen (secondary N) is 1. The fourth-order valence-electron chi connectivity index (χ4n) is 6.64. The second kappa shape index (κ2) is 7.25. The second-order valence-corrected chi connectivity index (χ2v) is 10.7. The van der Waals surface area contributed by atoms with Gasteiger partial charge in [-0.25, -0.2) is 0 Å². The summed E-state index contributed by atoms with van der Waals surface area (Å²) in [6.45, 7) is 7.88. The largest absolute Gasteiger partial charge is 0.497 e. The monoisotopic (exact) mass is 398 g/mol. The molecule has 1 heterocycles. The van der Waals surface area contributed by atoms with E-state index in [9.17, 15) is 5.11 Å². The highest BCUT2D eigenvalue weighted by atomic mass is 16.5. The van der Waals surface area contributed by atoms with Crippen molar-refractivity contribution in [3.63, 3.8) is 0 Å². The van der Waals surface area contributed by atoms with Gasteiger partial charge in [-0.15, -0.1) is 0 Å². The number of likely N-dealkylation sites (tertiary alicyclic amines) is 1. The van der Waals surface area contributed by atoms with Gasteiger partial charge in [0.25, 0.3) is 0 Å². The number of nitrogens with zero attached hydrogens (tertiary/aromatic N) is 1. The molecule has 5 rings (SSSR count). The number of rotatable bonds is 6. The number of benzene rings is 1. The third kappa shape index (κ3) is 3.23. The van der Waals surface area contributed by atoms with Crippen molar-refractivity contribution in [2.45, 2.75) is 81.9 Å². The van der Waals surface area contributed by atoms with Crippen molar-refractivity contribution in [2.75, 3.05) is 26.7 Å². The third-order valence-corrected chi connectivity index (χ3v) is 8.37. The molecule has 3 fully saturated rings. The summed E-state index contributed by atoms with van der Waals surface area (Å²) in [5.74, 6) is 2.43. The number of hydrogen-bond acceptors (Lipinski definition) is 4. The molecule has 4 heteroatoms. The van der Waals surface area contributed by atoms with Crippen molar-refractivity contribution >= 4 is 0 Å². The van der Waals surface area contributed by atoms with E-state index in [0.29, 0.717) is 12.0 Å². The van der Waals surface area contributed by atoms with E-state index in [1.165, 1.54) is 30.5 Å². The molecule has 4 nitrogen and oxygen atoms in total. The fourth-order valence-corrected chi connectivity index (χ4v) is 6.64. The lowest BCUT2D eigenvalue weighted by Crippen LogP contribution is -2.74. The quantitative estimate of drug-likeness (QED) is 0.770. The first kappa shape index (κ1) is 19.8. The number of piperidine rings is 1. The standard InChI is InChI=1S/C25H38N2O2/c1-17(2)15-26-20-8-9-24-10-11-27(16-18-4-5-18)23(25(24,28)14-20)12-19-6-7-21(29-3)13-22(19)24/h6-7,13,17-18,20,23,26,28H,4-5,8-12,14-16H2,1-3H3/t20-,23+,24-,25+/m0/s1. The van der Waals surface area contributed by atoms with Gasteiger partial charge in [0, 0.05) is 24.0 Å². The van der Waals surface area contributed by atoms with Gasteiger partial charge >= 0.3 is 0 Å². The van der Waals surface area contributed by atoms with E-state index in [2.05, 4.69) is 42.3 Å². The maximum Gasteiger partial charge on any atom is 0.119 e. The molecule has 3 aliphatic carbocycles. The molecule has 160 valence electrons. The Hall–Kier alpha value is -1.10. The van der Waals surface area contributed by atoms with Crippen LogP contribution in [0, 0.1) is 11.8 Å². The Bertz CT molecular complexity index is 761. The van der Waals surface area contributed by atoms with Crippen LogP contribution in [-0.2, 0) is 11.8 Å². The summed E-state index contributed by atoms with van der Waals surface area (Å²) in [5, 5.41) is 16.3. The van der Waals surface area contributed by atoms with Gasteiger partial charge in [0.15, 0.2) is 0 Å². The lowest BCUT2D eigenvalue weighted by molar-refractivity contribution is -0.172. The first-order chi connectivity index (χ1) is 13.9. The van der Waals surface area contributed by atoms with Crippen molar-refractivity contribution in [1.82, 2.24) is 10.2 Å². The molecule has 4 atom stereocenters. The van der Waals surface area contributed by atoms with Gasteiger partial charge in [0.2, 0.25) is 0 Å².